The topological polar surface area (TPSA) is 76.0 Å². The molecule has 0 fully saturated rings. The highest BCUT2D eigenvalue weighted by Gasteiger charge is 2.17. The summed E-state index contributed by atoms with van der Waals surface area (Å²) in [7, 11) is 0. The van der Waals surface area contributed by atoms with Gasteiger partial charge in [0.1, 0.15) is 5.82 Å². The molecule has 0 spiro atoms. The molecular weight excluding hydrogens is 347 g/mol. The monoisotopic (exact) mass is 366 g/mol. The highest BCUT2D eigenvalue weighted by molar-refractivity contribution is 5.99. The van der Waals surface area contributed by atoms with Gasteiger partial charge >= 0.3 is 0 Å². The summed E-state index contributed by atoms with van der Waals surface area (Å²) in [6.45, 7) is 1.74. The fraction of sp³-hybridized carbons (Fsp3) is 0.150. The van der Waals surface area contributed by atoms with Crippen LogP contribution in [-0.4, -0.2) is 28.1 Å². The van der Waals surface area contributed by atoms with Crippen molar-refractivity contribution in [3.05, 3.63) is 77.9 Å². The zero-order chi connectivity index (χ0) is 19.2. The van der Waals surface area contributed by atoms with Gasteiger partial charge in [0.2, 0.25) is 5.91 Å². The number of nitrogens with one attached hydrogen (secondary N) is 2. The standard InChI is InChI=1S/C20H19FN4O2/c1-2-18-17(12-23-25(18)16-10-8-14(21)9-11-16)20(27)22-13-19(26)24-15-6-4-3-5-7-15/h3-12H,2,13H2,1H3,(H,22,27)(H,24,26). The van der Waals surface area contributed by atoms with Gasteiger partial charge in [-0.3, -0.25) is 9.59 Å². The average Bonchev–Trinajstić information content (AvgIpc) is 3.11. The van der Waals surface area contributed by atoms with Crippen LogP contribution in [0.5, 0.6) is 0 Å². The first-order valence-corrected chi connectivity index (χ1v) is 8.54. The third-order valence-corrected chi connectivity index (χ3v) is 3.99. The maximum Gasteiger partial charge on any atom is 0.255 e. The number of rotatable bonds is 6. The Morgan fingerprint density at radius 1 is 1.07 bits per heavy atom. The molecule has 27 heavy (non-hydrogen) atoms. The fourth-order valence-corrected chi connectivity index (χ4v) is 2.69. The van der Waals surface area contributed by atoms with E-state index in [9.17, 15) is 14.0 Å². The molecule has 3 rings (SSSR count). The number of nitrogens with zero attached hydrogens (tertiary/aromatic N) is 2. The van der Waals surface area contributed by atoms with E-state index in [0.29, 0.717) is 29.1 Å². The first-order valence-electron chi connectivity index (χ1n) is 8.54. The van der Waals surface area contributed by atoms with E-state index < -0.39 is 0 Å². The van der Waals surface area contributed by atoms with E-state index in [1.54, 1.807) is 28.9 Å². The molecule has 7 heteroatoms. The van der Waals surface area contributed by atoms with Crippen molar-refractivity contribution in [1.29, 1.82) is 0 Å². The summed E-state index contributed by atoms with van der Waals surface area (Å²) >= 11 is 0. The van der Waals surface area contributed by atoms with Gasteiger partial charge < -0.3 is 10.6 Å². The Kier molecular flexibility index (Phi) is 5.61. The number of anilines is 1. The van der Waals surface area contributed by atoms with E-state index in [1.165, 1.54) is 18.3 Å². The maximum absolute atomic E-state index is 13.1. The Morgan fingerprint density at radius 3 is 2.44 bits per heavy atom. The summed E-state index contributed by atoms with van der Waals surface area (Å²) in [6.07, 6.45) is 2.00. The van der Waals surface area contributed by atoms with Crippen LogP contribution in [0.1, 0.15) is 23.0 Å². The van der Waals surface area contributed by atoms with Crippen molar-refractivity contribution in [3.8, 4) is 5.69 Å². The van der Waals surface area contributed by atoms with Gasteiger partial charge in [-0.25, -0.2) is 9.07 Å². The molecule has 0 atom stereocenters. The van der Waals surface area contributed by atoms with E-state index in [2.05, 4.69) is 15.7 Å². The van der Waals surface area contributed by atoms with Crippen LogP contribution in [0.3, 0.4) is 0 Å². The first-order chi connectivity index (χ1) is 13.1. The van der Waals surface area contributed by atoms with Gasteiger partial charge in [0.05, 0.1) is 29.7 Å². The molecule has 0 unspecified atom stereocenters. The molecule has 138 valence electrons. The highest BCUT2D eigenvalue weighted by Crippen LogP contribution is 2.16. The molecule has 0 bridgehead atoms. The van der Waals surface area contributed by atoms with Crippen LogP contribution < -0.4 is 10.6 Å². The van der Waals surface area contributed by atoms with Gasteiger partial charge in [0, 0.05) is 5.69 Å². The van der Waals surface area contributed by atoms with Crippen LogP contribution in [0, 0.1) is 5.82 Å². The number of para-hydroxylation sites is 1. The second kappa shape index (κ2) is 8.27. The molecule has 0 aliphatic carbocycles. The first kappa shape index (κ1) is 18.3. The van der Waals surface area contributed by atoms with E-state index in [4.69, 9.17) is 0 Å². The smallest absolute Gasteiger partial charge is 0.255 e. The van der Waals surface area contributed by atoms with Crippen LogP contribution in [0.25, 0.3) is 5.69 Å². The molecule has 0 aliphatic rings. The lowest BCUT2D eigenvalue weighted by molar-refractivity contribution is -0.115. The zero-order valence-corrected chi connectivity index (χ0v) is 14.8. The number of halogens is 1. The molecule has 0 saturated carbocycles. The molecule has 2 N–H and O–H groups in total. The van der Waals surface area contributed by atoms with Crippen molar-refractivity contribution in [2.75, 3.05) is 11.9 Å². The molecule has 1 aromatic heterocycles. The van der Waals surface area contributed by atoms with Gasteiger partial charge in [-0.2, -0.15) is 5.10 Å². The van der Waals surface area contributed by atoms with Crippen LogP contribution in [-0.2, 0) is 11.2 Å². The predicted molar refractivity (Wildman–Crippen MR) is 100 cm³/mol. The normalized spacial score (nSPS) is 10.4. The molecule has 0 radical (unpaired) electrons. The van der Waals surface area contributed by atoms with Crippen LogP contribution >= 0.6 is 0 Å². The molecule has 2 aromatic carbocycles. The minimum atomic E-state index is -0.386. The Hall–Kier alpha value is -3.48. The summed E-state index contributed by atoms with van der Waals surface area (Å²) < 4.78 is 14.7. The van der Waals surface area contributed by atoms with E-state index >= 15 is 0 Å². The predicted octanol–water partition coefficient (Wildman–Crippen LogP) is 2.94. The summed E-state index contributed by atoms with van der Waals surface area (Å²) in [5.74, 6) is -1.05. The summed E-state index contributed by atoms with van der Waals surface area (Å²) in [6, 6.07) is 14.9. The zero-order valence-electron chi connectivity index (χ0n) is 14.8. The lowest BCUT2D eigenvalue weighted by atomic mass is 10.2. The quantitative estimate of drug-likeness (QED) is 0.704. The number of carbonyl (C=O) groups is 2. The van der Waals surface area contributed by atoms with Gasteiger partial charge in [0.15, 0.2) is 0 Å². The number of hydrogen-bond acceptors (Lipinski definition) is 3. The molecule has 0 aliphatic heterocycles. The van der Waals surface area contributed by atoms with Crippen LogP contribution in [0.2, 0.25) is 0 Å². The van der Waals surface area contributed by atoms with E-state index in [-0.39, 0.29) is 24.2 Å². The lowest BCUT2D eigenvalue weighted by Crippen LogP contribution is -2.33. The number of benzene rings is 2. The summed E-state index contributed by atoms with van der Waals surface area (Å²) in [5, 5.41) is 9.54. The molecular formula is C20H19FN4O2. The molecule has 2 amide bonds. The van der Waals surface area contributed by atoms with Crippen molar-refractivity contribution in [1.82, 2.24) is 15.1 Å². The third kappa shape index (κ3) is 4.38. The minimum absolute atomic E-state index is 0.154. The van der Waals surface area contributed by atoms with Crippen molar-refractivity contribution in [2.45, 2.75) is 13.3 Å². The second-order valence-corrected chi connectivity index (χ2v) is 5.84. The Morgan fingerprint density at radius 2 is 1.78 bits per heavy atom. The van der Waals surface area contributed by atoms with Gasteiger partial charge in [-0.1, -0.05) is 25.1 Å². The third-order valence-electron chi connectivity index (χ3n) is 3.99. The largest absolute Gasteiger partial charge is 0.343 e. The maximum atomic E-state index is 13.1. The lowest BCUT2D eigenvalue weighted by Gasteiger charge is -2.09. The fourth-order valence-electron chi connectivity index (χ4n) is 2.69. The number of hydrogen-bond donors (Lipinski definition) is 2. The highest BCUT2D eigenvalue weighted by atomic mass is 19.1. The Bertz CT molecular complexity index is 936. The van der Waals surface area contributed by atoms with Crippen molar-refractivity contribution < 1.29 is 14.0 Å². The second-order valence-electron chi connectivity index (χ2n) is 5.84. The van der Waals surface area contributed by atoms with Gasteiger partial charge in [-0.05, 0) is 42.8 Å². The van der Waals surface area contributed by atoms with E-state index in [1.807, 2.05) is 25.1 Å². The van der Waals surface area contributed by atoms with E-state index in [0.717, 1.165) is 0 Å². The van der Waals surface area contributed by atoms with Crippen molar-refractivity contribution in [2.24, 2.45) is 0 Å². The Labute approximate surface area is 156 Å². The number of carbonyl (C=O) groups excluding carboxylic acids is 2. The molecule has 1 heterocycles. The van der Waals surface area contributed by atoms with Crippen molar-refractivity contribution >= 4 is 17.5 Å². The van der Waals surface area contributed by atoms with Gasteiger partial charge in [-0.15, -0.1) is 0 Å². The number of aromatic nitrogens is 2. The molecule has 0 saturated heterocycles. The number of amides is 2. The van der Waals surface area contributed by atoms with Crippen LogP contribution in [0.4, 0.5) is 10.1 Å². The van der Waals surface area contributed by atoms with Gasteiger partial charge in [0.25, 0.3) is 5.91 Å². The molecule has 6 nitrogen and oxygen atoms in total. The SMILES string of the molecule is CCc1c(C(=O)NCC(=O)Nc2ccccc2)cnn1-c1ccc(F)cc1. The molecule has 3 aromatic rings. The summed E-state index contributed by atoms with van der Waals surface area (Å²) in [4.78, 5) is 24.5. The van der Waals surface area contributed by atoms with Crippen LogP contribution in [0.15, 0.2) is 60.8 Å². The summed E-state index contributed by atoms with van der Waals surface area (Å²) in [5.41, 5.74) is 2.39. The minimum Gasteiger partial charge on any atom is -0.343 e. The Balaban J connectivity index is 1.68. The average molecular weight is 366 g/mol. The van der Waals surface area contributed by atoms with Crippen molar-refractivity contribution in [3.63, 3.8) is 0 Å².